The smallest absolute Gasteiger partial charge is 0.333 e. The molecule has 0 spiro atoms. The van der Waals surface area contributed by atoms with Crippen molar-refractivity contribution in [3.05, 3.63) is 18.5 Å². The molecule has 0 aromatic carbocycles. The number of alkyl halides is 3. The summed E-state index contributed by atoms with van der Waals surface area (Å²) in [6.45, 7) is -1.32. The molecule has 1 aromatic heterocycles. The highest BCUT2D eigenvalue weighted by Gasteiger charge is 2.30. The van der Waals surface area contributed by atoms with Crippen LogP contribution >= 0.6 is 0 Å². The monoisotopic (exact) mass is 290 g/mol. The van der Waals surface area contributed by atoms with Crippen molar-refractivity contribution in [2.45, 2.75) is 43.9 Å². The Labute approximate surface area is 114 Å². The van der Waals surface area contributed by atoms with Gasteiger partial charge in [-0.1, -0.05) is 12.8 Å². The highest BCUT2D eigenvalue weighted by atomic mass is 19.4. The molecule has 20 heavy (non-hydrogen) atoms. The fourth-order valence-electron chi connectivity index (χ4n) is 2.47. The van der Waals surface area contributed by atoms with E-state index in [1.54, 1.807) is 23.1 Å². The van der Waals surface area contributed by atoms with Gasteiger partial charge in [0, 0.05) is 12.4 Å². The fraction of sp³-hybridized carbons (Fsp3) is 0.667. The van der Waals surface area contributed by atoms with Gasteiger partial charge in [-0.2, -0.15) is 18.3 Å². The summed E-state index contributed by atoms with van der Waals surface area (Å²) in [4.78, 5) is 11.5. The first-order chi connectivity index (χ1) is 9.46. The van der Waals surface area contributed by atoms with Crippen LogP contribution in [0.25, 0.3) is 0 Å². The summed E-state index contributed by atoms with van der Waals surface area (Å²) in [5.41, 5.74) is 0. The van der Waals surface area contributed by atoms with Crippen LogP contribution in [0.1, 0.15) is 31.7 Å². The Balaban J connectivity index is 1.90. The maximum atomic E-state index is 12.0. The molecule has 0 saturated heterocycles. The second kappa shape index (κ2) is 6.15. The Morgan fingerprint density at radius 2 is 2.10 bits per heavy atom. The van der Waals surface area contributed by atoms with Gasteiger partial charge < -0.3 is 10.6 Å². The minimum atomic E-state index is -4.40. The lowest BCUT2D eigenvalue weighted by Crippen LogP contribution is -2.49. The van der Waals surface area contributed by atoms with Gasteiger partial charge in [-0.25, -0.2) is 4.79 Å². The van der Waals surface area contributed by atoms with E-state index in [2.05, 4.69) is 10.4 Å². The van der Waals surface area contributed by atoms with Gasteiger partial charge in [-0.15, -0.1) is 0 Å². The quantitative estimate of drug-likeness (QED) is 0.897. The number of hydrogen-bond acceptors (Lipinski definition) is 2. The van der Waals surface area contributed by atoms with Crippen LogP contribution in [0.5, 0.6) is 0 Å². The number of hydrogen-bond donors (Lipinski definition) is 2. The predicted molar refractivity (Wildman–Crippen MR) is 66.1 cm³/mol. The third-order valence-corrected chi connectivity index (χ3v) is 3.36. The molecule has 1 heterocycles. The third kappa shape index (κ3) is 4.14. The van der Waals surface area contributed by atoms with Gasteiger partial charge in [0.2, 0.25) is 0 Å². The minimum absolute atomic E-state index is 0.00427. The molecule has 8 heteroatoms. The van der Waals surface area contributed by atoms with Gasteiger partial charge in [0.1, 0.15) is 6.54 Å². The highest BCUT2D eigenvalue weighted by Crippen LogP contribution is 2.28. The van der Waals surface area contributed by atoms with Gasteiger partial charge >= 0.3 is 12.2 Å². The van der Waals surface area contributed by atoms with Crippen molar-refractivity contribution < 1.29 is 18.0 Å². The molecule has 1 fully saturated rings. The largest absolute Gasteiger partial charge is 0.405 e. The van der Waals surface area contributed by atoms with Crippen molar-refractivity contribution >= 4 is 6.03 Å². The Bertz CT molecular complexity index is 432. The standard InChI is InChI=1S/C12H17F3N4O/c13-12(14,15)8-16-11(20)18-9-4-1-2-5-10(9)19-7-3-6-17-19/h3,6-7,9-10H,1-2,4-5,8H2,(H2,16,18,20)/t9-,10-/m0/s1. The van der Waals surface area contributed by atoms with Gasteiger partial charge in [0.25, 0.3) is 0 Å². The molecular weight excluding hydrogens is 273 g/mol. The number of nitrogens with one attached hydrogen (secondary N) is 2. The minimum Gasteiger partial charge on any atom is -0.333 e. The number of nitrogens with zero attached hydrogens (tertiary/aromatic N) is 2. The predicted octanol–water partition coefficient (Wildman–Crippen LogP) is 2.23. The van der Waals surface area contributed by atoms with Crippen molar-refractivity contribution in [2.24, 2.45) is 0 Å². The molecule has 1 saturated carbocycles. The SMILES string of the molecule is O=C(NCC(F)(F)F)N[C@H]1CCCC[C@@H]1n1cccn1. The van der Waals surface area contributed by atoms with E-state index >= 15 is 0 Å². The van der Waals surface area contributed by atoms with Crippen molar-refractivity contribution in [3.8, 4) is 0 Å². The van der Waals surface area contributed by atoms with Crippen LogP contribution in [0.15, 0.2) is 18.5 Å². The lowest BCUT2D eigenvalue weighted by molar-refractivity contribution is -0.122. The molecule has 2 rings (SSSR count). The third-order valence-electron chi connectivity index (χ3n) is 3.36. The number of carbonyl (C=O) groups excluding carboxylic acids is 1. The summed E-state index contributed by atoms with van der Waals surface area (Å²) in [7, 11) is 0. The molecule has 2 amide bonds. The Kier molecular flexibility index (Phi) is 4.51. The van der Waals surface area contributed by atoms with E-state index in [1.807, 2.05) is 5.32 Å². The van der Waals surface area contributed by atoms with Crippen molar-refractivity contribution in [1.29, 1.82) is 0 Å². The van der Waals surface area contributed by atoms with Gasteiger partial charge in [0.05, 0.1) is 12.1 Å². The van der Waals surface area contributed by atoms with Crippen LogP contribution in [-0.2, 0) is 0 Å². The summed E-state index contributed by atoms with van der Waals surface area (Å²) in [6.07, 6.45) is 2.61. The lowest BCUT2D eigenvalue weighted by Gasteiger charge is -2.32. The van der Waals surface area contributed by atoms with Crippen molar-refractivity contribution in [3.63, 3.8) is 0 Å². The molecule has 0 aliphatic heterocycles. The highest BCUT2D eigenvalue weighted by molar-refractivity contribution is 5.74. The number of carbonyl (C=O) groups is 1. The summed E-state index contributed by atoms with van der Waals surface area (Å²) < 4.78 is 37.9. The maximum Gasteiger partial charge on any atom is 0.405 e. The van der Waals surface area contributed by atoms with E-state index in [0.29, 0.717) is 0 Å². The van der Waals surface area contributed by atoms with Crippen LogP contribution in [-0.4, -0.2) is 34.6 Å². The molecule has 0 unspecified atom stereocenters. The second-order valence-corrected chi connectivity index (χ2v) is 4.89. The Hall–Kier alpha value is -1.73. The lowest BCUT2D eigenvalue weighted by atomic mass is 9.90. The molecule has 0 radical (unpaired) electrons. The first-order valence-corrected chi connectivity index (χ1v) is 6.56. The molecule has 1 aliphatic rings. The van der Waals surface area contributed by atoms with Gasteiger partial charge in [-0.05, 0) is 18.9 Å². The molecule has 112 valence electrons. The zero-order chi connectivity index (χ0) is 14.6. The molecule has 2 N–H and O–H groups in total. The number of aromatic nitrogens is 2. The average Bonchev–Trinajstić information content (AvgIpc) is 2.90. The first-order valence-electron chi connectivity index (χ1n) is 6.56. The number of rotatable bonds is 3. The van der Waals surface area contributed by atoms with Crippen LogP contribution < -0.4 is 10.6 Å². The normalized spacial score (nSPS) is 23.4. The van der Waals surface area contributed by atoms with E-state index in [0.717, 1.165) is 25.7 Å². The molecule has 1 aromatic rings. The molecule has 5 nitrogen and oxygen atoms in total. The van der Waals surface area contributed by atoms with Crippen molar-refractivity contribution in [2.75, 3.05) is 6.54 Å². The summed E-state index contributed by atoms with van der Waals surface area (Å²) in [5, 5.41) is 8.60. The Morgan fingerprint density at radius 3 is 2.75 bits per heavy atom. The molecule has 0 bridgehead atoms. The number of amides is 2. The zero-order valence-corrected chi connectivity index (χ0v) is 10.9. The van der Waals surface area contributed by atoms with Gasteiger partial charge in [0.15, 0.2) is 0 Å². The van der Waals surface area contributed by atoms with Crippen LogP contribution in [0.2, 0.25) is 0 Å². The van der Waals surface area contributed by atoms with E-state index < -0.39 is 18.8 Å². The van der Waals surface area contributed by atoms with E-state index in [9.17, 15) is 18.0 Å². The number of halogens is 3. The summed E-state index contributed by atoms with van der Waals surface area (Å²) in [6, 6.07) is 0.800. The summed E-state index contributed by atoms with van der Waals surface area (Å²) in [5.74, 6) is 0. The summed E-state index contributed by atoms with van der Waals surface area (Å²) >= 11 is 0. The number of urea groups is 1. The zero-order valence-electron chi connectivity index (χ0n) is 10.9. The first kappa shape index (κ1) is 14.7. The van der Waals surface area contributed by atoms with Crippen LogP contribution in [0, 0.1) is 0 Å². The van der Waals surface area contributed by atoms with Crippen LogP contribution in [0.3, 0.4) is 0 Å². The van der Waals surface area contributed by atoms with E-state index in [4.69, 9.17) is 0 Å². The molecule has 1 aliphatic carbocycles. The Morgan fingerprint density at radius 1 is 1.35 bits per heavy atom. The van der Waals surface area contributed by atoms with E-state index in [1.165, 1.54) is 0 Å². The average molecular weight is 290 g/mol. The maximum absolute atomic E-state index is 12.0. The van der Waals surface area contributed by atoms with Gasteiger partial charge in [-0.3, -0.25) is 4.68 Å². The molecular formula is C12H17F3N4O. The van der Waals surface area contributed by atoms with Crippen molar-refractivity contribution in [1.82, 2.24) is 20.4 Å². The second-order valence-electron chi connectivity index (χ2n) is 4.89. The topological polar surface area (TPSA) is 59.0 Å². The molecule has 2 atom stereocenters. The fourth-order valence-corrected chi connectivity index (χ4v) is 2.47. The van der Waals surface area contributed by atoms with E-state index in [-0.39, 0.29) is 12.1 Å². The van der Waals surface area contributed by atoms with Crippen LogP contribution in [0.4, 0.5) is 18.0 Å².